The first-order chi connectivity index (χ1) is 8.13. The summed E-state index contributed by atoms with van der Waals surface area (Å²) in [6.45, 7) is 0. The minimum absolute atomic E-state index is 0.179. The molecule has 0 N–H and O–H groups in total. The lowest BCUT2D eigenvalue weighted by Gasteiger charge is -2.09. The second-order valence-corrected chi connectivity index (χ2v) is 3.94. The Morgan fingerprint density at radius 3 is 2.65 bits per heavy atom. The molecule has 17 heavy (non-hydrogen) atoms. The van der Waals surface area contributed by atoms with E-state index in [1.165, 1.54) is 31.6 Å². The van der Waals surface area contributed by atoms with Crippen LogP contribution in [-0.4, -0.2) is 17.1 Å². The van der Waals surface area contributed by atoms with Crippen molar-refractivity contribution in [3.05, 3.63) is 40.5 Å². The van der Waals surface area contributed by atoms with Gasteiger partial charge < -0.3 is 4.74 Å². The molecule has 0 amide bonds. The van der Waals surface area contributed by atoms with E-state index < -0.39 is 5.82 Å². The van der Waals surface area contributed by atoms with Crippen molar-refractivity contribution in [2.24, 2.45) is 0 Å². The molecule has 0 fully saturated rings. The average molecular weight is 273 g/mol. The smallest absolute Gasteiger partial charge is 0.182 e. The first kappa shape index (κ1) is 12.1. The minimum atomic E-state index is -0.419. The summed E-state index contributed by atoms with van der Waals surface area (Å²) in [5.74, 6) is -0.111. The molecule has 0 spiro atoms. The van der Waals surface area contributed by atoms with Crippen LogP contribution in [0.25, 0.3) is 11.3 Å². The monoisotopic (exact) mass is 272 g/mol. The van der Waals surface area contributed by atoms with Crippen LogP contribution in [0.1, 0.15) is 0 Å². The van der Waals surface area contributed by atoms with Gasteiger partial charge in [-0.3, -0.25) is 0 Å². The minimum Gasteiger partial charge on any atom is -0.491 e. The number of nitrogens with zero attached hydrogens (tertiary/aromatic N) is 2. The summed E-state index contributed by atoms with van der Waals surface area (Å²) >= 11 is 11.8. The Hall–Kier alpha value is -1.39. The average Bonchev–Trinajstić information content (AvgIpc) is 2.29. The van der Waals surface area contributed by atoms with E-state index in [4.69, 9.17) is 27.9 Å². The number of benzene rings is 1. The third-order valence-electron chi connectivity index (χ3n) is 2.15. The summed E-state index contributed by atoms with van der Waals surface area (Å²) in [5, 5.41) is 0.413. The predicted octanol–water partition coefficient (Wildman–Crippen LogP) is 3.60. The quantitative estimate of drug-likeness (QED) is 0.784. The van der Waals surface area contributed by atoms with E-state index in [0.29, 0.717) is 17.0 Å². The topological polar surface area (TPSA) is 35.0 Å². The lowest BCUT2D eigenvalue weighted by molar-refractivity contribution is 0.413. The summed E-state index contributed by atoms with van der Waals surface area (Å²) in [5.41, 5.74) is 0.965. The molecule has 3 nitrogen and oxygen atoms in total. The molecule has 2 rings (SSSR count). The largest absolute Gasteiger partial charge is 0.491 e. The predicted molar refractivity (Wildman–Crippen MR) is 64.0 cm³/mol. The standard InChI is InChI=1S/C11H7Cl2FN2O/c1-17-10-9(15-5-16-11(10)13)7-3-2-6(14)4-8(7)12/h2-5H,1H3. The van der Waals surface area contributed by atoms with Gasteiger partial charge in [-0.2, -0.15) is 0 Å². The van der Waals surface area contributed by atoms with Crippen LogP contribution in [0.2, 0.25) is 10.2 Å². The first-order valence-corrected chi connectivity index (χ1v) is 5.39. The zero-order valence-corrected chi connectivity index (χ0v) is 10.3. The van der Waals surface area contributed by atoms with Crippen LogP contribution >= 0.6 is 23.2 Å². The second-order valence-electron chi connectivity index (χ2n) is 3.17. The van der Waals surface area contributed by atoms with Crippen LogP contribution in [0.3, 0.4) is 0 Å². The fourth-order valence-electron chi connectivity index (χ4n) is 1.41. The SMILES string of the molecule is COc1c(Cl)ncnc1-c1ccc(F)cc1Cl. The van der Waals surface area contributed by atoms with E-state index in [0.717, 1.165) is 0 Å². The number of methoxy groups -OCH3 is 1. The van der Waals surface area contributed by atoms with Crippen molar-refractivity contribution in [3.63, 3.8) is 0 Å². The van der Waals surface area contributed by atoms with Gasteiger partial charge in [-0.15, -0.1) is 0 Å². The molecule has 6 heteroatoms. The van der Waals surface area contributed by atoms with Crippen molar-refractivity contribution in [1.82, 2.24) is 9.97 Å². The highest BCUT2D eigenvalue weighted by Gasteiger charge is 2.15. The van der Waals surface area contributed by atoms with Crippen molar-refractivity contribution in [3.8, 4) is 17.0 Å². The fraction of sp³-hybridized carbons (Fsp3) is 0.0909. The van der Waals surface area contributed by atoms with E-state index in [9.17, 15) is 4.39 Å². The Morgan fingerprint density at radius 2 is 2.00 bits per heavy atom. The summed E-state index contributed by atoms with van der Waals surface area (Å²) in [7, 11) is 1.45. The van der Waals surface area contributed by atoms with Gasteiger partial charge in [-0.1, -0.05) is 23.2 Å². The van der Waals surface area contributed by atoms with Gasteiger partial charge in [0.05, 0.1) is 12.1 Å². The van der Waals surface area contributed by atoms with Gasteiger partial charge in [0.25, 0.3) is 0 Å². The summed E-state index contributed by atoms with van der Waals surface area (Å²) in [6.07, 6.45) is 1.29. The Bertz CT molecular complexity index is 563. The third-order valence-corrected chi connectivity index (χ3v) is 2.73. The van der Waals surface area contributed by atoms with Crippen LogP contribution in [0.5, 0.6) is 5.75 Å². The number of aromatic nitrogens is 2. The Morgan fingerprint density at radius 1 is 1.24 bits per heavy atom. The van der Waals surface area contributed by atoms with Crippen molar-refractivity contribution < 1.29 is 9.13 Å². The molecule has 0 unspecified atom stereocenters. The second kappa shape index (κ2) is 4.85. The van der Waals surface area contributed by atoms with E-state index >= 15 is 0 Å². The zero-order chi connectivity index (χ0) is 12.4. The normalized spacial score (nSPS) is 10.4. The maximum atomic E-state index is 13.0. The van der Waals surface area contributed by atoms with Crippen molar-refractivity contribution >= 4 is 23.2 Å². The lowest BCUT2D eigenvalue weighted by Crippen LogP contribution is -1.95. The molecular formula is C11H7Cl2FN2O. The van der Waals surface area contributed by atoms with Crippen molar-refractivity contribution in [2.75, 3.05) is 7.11 Å². The van der Waals surface area contributed by atoms with Crippen LogP contribution in [-0.2, 0) is 0 Å². The number of ether oxygens (including phenoxy) is 1. The van der Waals surface area contributed by atoms with E-state index in [-0.39, 0.29) is 10.2 Å². The molecule has 1 heterocycles. The van der Waals surface area contributed by atoms with E-state index in [1.807, 2.05) is 0 Å². The summed E-state index contributed by atoms with van der Waals surface area (Å²) < 4.78 is 18.1. The first-order valence-electron chi connectivity index (χ1n) is 4.63. The van der Waals surface area contributed by atoms with Crippen molar-refractivity contribution in [1.29, 1.82) is 0 Å². The molecule has 2 aromatic rings. The third kappa shape index (κ3) is 2.33. The van der Waals surface area contributed by atoms with E-state index in [2.05, 4.69) is 9.97 Å². The molecule has 1 aromatic heterocycles. The molecule has 0 aliphatic carbocycles. The number of rotatable bonds is 2. The van der Waals surface area contributed by atoms with Crippen molar-refractivity contribution in [2.45, 2.75) is 0 Å². The fourth-order valence-corrected chi connectivity index (χ4v) is 1.87. The molecule has 1 aromatic carbocycles. The highest BCUT2D eigenvalue weighted by Crippen LogP contribution is 2.36. The Labute approximate surface area is 107 Å². The Balaban J connectivity index is 2.64. The molecule has 0 radical (unpaired) electrons. The van der Waals surface area contributed by atoms with Crippen LogP contribution in [0, 0.1) is 5.82 Å². The lowest BCUT2D eigenvalue weighted by atomic mass is 10.1. The van der Waals surface area contributed by atoms with Gasteiger partial charge in [0, 0.05) is 5.56 Å². The van der Waals surface area contributed by atoms with Gasteiger partial charge in [-0.05, 0) is 18.2 Å². The molecule has 0 saturated heterocycles. The molecular weight excluding hydrogens is 266 g/mol. The van der Waals surface area contributed by atoms with Gasteiger partial charge in [0.1, 0.15) is 17.8 Å². The number of hydrogen-bond donors (Lipinski definition) is 0. The number of hydrogen-bond acceptors (Lipinski definition) is 3. The van der Waals surface area contributed by atoms with Crippen LogP contribution in [0.4, 0.5) is 4.39 Å². The summed E-state index contributed by atoms with van der Waals surface area (Å²) in [6, 6.07) is 4.00. The van der Waals surface area contributed by atoms with Gasteiger partial charge >= 0.3 is 0 Å². The molecule has 0 atom stereocenters. The molecule has 88 valence electrons. The van der Waals surface area contributed by atoms with Gasteiger partial charge in [0.2, 0.25) is 0 Å². The van der Waals surface area contributed by atoms with Gasteiger partial charge in [-0.25, -0.2) is 14.4 Å². The number of halogens is 3. The van der Waals surface area contributed by atoms with Crippen LogP contribution < -0.4 is 4.74 Å². The Kier molecular flexibility index (Phi) is 3.45. The molecule has 0 bridgehead atoms. The molecule has 0 saturated carbocycles. The highest BCUT2D eigenvalue weighted by atomic mass is 35.5. The van der Waals surface area contributed by atoms with E-state index in [1.54, 1.807) is 0 Å². The molecule has 0 aliphatic heterocycles. The molecule has 0 aliphatic rings. The summed E-state index contributed by atoms with van der Waals surface area (Å²) in [4.78, 5) is 7.84. The zero-order valence-electron chi connectivity index (χ0n) is 8.75. The van der Waals surface area contributed by atoms with Gasteiger partial charge in [0.15, 0.2) is 10.9 Å². The maximum Gasteiger partial charge on any atom is 0.182 e. The van der Waals surface area contributed by atoms with Crippen LogP contribution in [0.15, 0.2) is 24.5 Å². The highest BCUT2D eigenvalue weighted by molar-refractivity contribution is 6.34. The maximum absolute atomic E-state index is 13.0.